The maximum Gasteiger partial charge on any atom is 0.106 e. The van der Waals surface area contributed by atoms with Crippen LogP contribution in [-0.4, -0.2) is 55.1 Å². The van der Waals surface area contributed by atoms with Gasteiger partial charge >= 0.3 is 0 Å². The van der Waals surface area contributed by atoms with Crippen LogP contribution in [0.15, 0.2) is 0 Å². The van der Waals surface area contributed by atoms with Crippen molar-refractivity contribution in [1.29, 1.82) is 5.26 Å². The Balaban J connectivity index is 3.75. The molecule has 0 heterocycles. The summed E-state index contributed by atoms with van der Waals surface area (Å²) in [5.74, 6) is 0. The molecule has 0 fully saturated rings. The van der Waals surface area contributed by atoms with Gasteiger partial charge in [-0.3, -0.25) is 0 Å². The summed E-state index contributed by atoms with van der Waals surface area (Å²) in [7, 11) is 0. The van der Waals surface area contributed by atoms with Gasteiger partial charge in [0.05, 0.1) is 6.07 Å². The van der Waals surface area contributed by atoms with Crippen LogP contribution in [0.25, 0.3) is 0 Å². The first-order valence-corrected chi connectivity index (χ1v) is 6.27. The molecule has 0 aliphatic heterocycles. The second-order valence-corrected chi connectivity index (χ2v) is 4.01. The smallest absolute Gasteiger partial charge is 0.106 e. The highest BCUT2D eigenvalue weighted by molar-refractivity contribution is 4.88. The standard InChI is InChI=1S/C12H26N4/c1-4-15(5-2)8-7-9-16(6-3)11-12(14)10-13/h12H,4-9,11,14H2,1-3H3. The lowest BCUT2D eigenvalue weighted by Gasteiger charge is -2.23. The van der Waals surface area contributed by atoms with Gasteiger partial charge in [0.1, 0.15) is 6.04 Å². The van der Waals surface area contributed by atoms with E-state index in [1.807, 2.05) is 0 Å². The Bertz CT molecular complexity index is 196. The average Bonchev–Trinajstić information content (AvgIpc) is 2.32. The highest BCUT2D eigenvalue weighted by Crippen LogP contribution is 1.96. The summed E-state index contributed by atoms with van der Waals surface area (Å²) >= 11 is 0. The zero-order valence-corrected chi connectivity index (χ0v) is 10.9. The molecule has 0 aromatic rings. The van der Waals surface area contributed by atoms with E-state index in [0.717, 1.165) is 39.1 Å². The minimum absolute atomic E-state index is 0.353. The molecule has 0 aliphatic rings. The van der Waals surface area contributed by atoms with E-state index in [2.05, 4.69) is 36.6 Å². The number of nitrogens with zero attached hydrogens (tertiary/aromatic N) is 3. The third kappa shape index (κ3) is 6.78. The number of nitrogens with two attached hydrogens (primary N) is 1. The fraction of sp³-hybridized carbons (Fsp3) is 0.917. The SMILES string of the molecule is CCN(CC)CCCN(CC)CC(N)C#N. The van der Waals surface area contributed by atoms with Crippen LogP contribution < -0.4 is 5.73 Å². The summed E-state index contributed by atoms with van der Waals surface area (Å²) in [6.07, 6.45) is 1.15. The van der Waals surface area contributed by atoms with E-state index in [-0.39, 0.29) is 6.04 Å². The van der Waals surface area contributed by atoms with Crippen LogP contribution in [0.4, 0.5) is 0 Å². The Morgan fingerprint density at radius 1 is 1.06 bits per heavy atom. The van der Waals surface area contributed by atoms with Crippen molar-refractivity contribution in [3.05, 3.63) is 0 Å². The second-order valence-electron chi connectivity index (χ2n) is 4.01. The molecule has 4 heteroatoms. The van der Waals surface area contributed by atoms with Gasteiger partial charge in [0, 0.05) is 6.54 Å². The van der Waals surface area contributed by atoms with Crippen LogP contribution in [0.3, 0.4) is 0 Å². The van der Waals surface area contributed by atoms with Gasteiger partial charge in [-0.25, -0.2) is 0 Å². The van der Waals surface area contributed by atoms with Crippen molar-refractivity contribution in [2.45, 2.75) is 33.2 Å². The topological polar surface area (TPSA) is 56.3 Å². The van der Waals surface area contributed by atoms with Crippen molar-refractivity contribution in [2.24, 2.45) is 5.73 Å². The molecule has 2 N–H and O–H groups in total. The van der Waals surface area contributed by atoms with Gasteiger partial charge in [-0.05, 0) is 39.1 Å². The van der Waals surface area contributed by atoms with Gasteiger partial charge in [0.2, 0.25) is 0 Å². The molecule has 0 aromatic carbocycles. The van der Waals surface area contributed by atoms with E-state index in [1.165, 1.54) is 0 Å². The third-order valence-electron chi connectivity index (χ3n) is 2.91. The normalized spacial score (nSPS) is 13.1. The van der Waals surface area contributed by atoms with E-state index in [4.69, 9.17) is 11.0 Å². The van der Waals surface area contributed by atoms with E-state index in [1.54, 1.807) is 0 Å². The van der Waals surface area contributed by atoms with Gasteiger partial charge in [-0.15, -0.1) is 0 Å². The first kappa shape index (κ1) is 15.4. The molecule has 0 spiro atoms. The Kier molecular flexibility index (Phi) is 9.21. The molecule has 0 aromatic heterocycles. The van der Waals surface area contributed by atoms with Crippen LogP contribution >= 0.6 is 0 Å². The van der Waals surface area contributed by atoms with Gasteiger partial charge in [0.25, 0.3) is 0 Å². The van der Waals surface area contributed by atoms with E-state index in [9.17, 15) is 0 Å². The van der Waals surface area contributed by atoms with E-state index < -0.39 is 0 Å². The predicted octanol–water partition coefficient (Wildman–Crippen LogP) is 0.891. The molecule has 0 amide bonds. The lowest BCUT2D eigenvalue weighted by atomic mass is 10.3. The fourth-order valence-electron chi connectivity index (χ4n) is 1.76. The molecule has 4 nitrogen and oxygen atoms in total. The average molecular weight is 226 g/mol. The zero-order chi connectivity index (χ0) is 12.4. The largest absolute Gasteiger partial charge is 0.315 e. The highest BCUT2D eigenvalue weighted by Gasteiger charge is 2.08. The van der Waals surface area contributed by atoms with Crippen molar-refractivity contribution < 1.29 is 0 Å². The molecule has 1 atom stereocenters. The monoisotopic (exact) mass is 226 g/mol. The van der Waals surface area contributed by atoms with Crippen molar-refractivity contribution in [1.82, 2.24) is 9.80 Å². The summed E-state index contributed by atoms with van der Waals surface area (Å²) < 4.78 is 0. The predicted molar refractivity (Wildman–Crippen MR) is 68.1 cm³/mol. The molecule has 0 rings (SSSR count). The maximum absolute atomic E-state index is 8.66. The van der Waals surface area contributed by atoms with Crippen molar-refractivity contribution >= 4 is 0 Å². The quantitative estimate of drug-likeness (QED) is 0.634. The molecule has 0 bridgehead atoms. The fourth-order valence-corrected chi connectivity index (χ4v) is 1.76. The number of nitriles is 1. The van der Waals surface area contributed by atoms with Crippen LogP contribution in [0.1, 0.15) is 27.2 Å². The highest BCUT2D eigenvalue weighted by atomic mass is 15.1. The number of rotatable bonds is 9. The second kappa shape index (κ2) is 9.59. The lowest BCUT2D eigenvalue weighted by molar-refractivity contribution is 0.241. The van der Waals surface area contributed by atoms with Crippen molar-refractivity contribution in [3.8, 4) is 6.07 Å². The van der Waals surface area contributed by atoms with E-state index >= 15 is 0 Å². The molecule has 1 unspecified atom stereocenters. The first-order chi connectivity index (χ1) is 7.67. The van der Waals surface area contributed by atoms with Crippen molar-refractivity contribution in [3.63, 3.8) is 0 Å². The minimum atomic E-state index is -0.353. The van der Waals surface area contributed by atoms with Crippen LogP contribution in [-0.2, 0) is 0 Å². The van der Waals surface area contributed by atoms with Gasteiger partial charge in [-0.2, -0.15) is 5.26 Å². The summed E-state index contributed by atoms with van der Waals surface area (Å²) in [6.45, 7) is 12.5. The van der Waals surface area contributed by atoms with Gasteiger partial charge < -0.3 is 15.5 Å². The molecular formula is C12H26N4. The minimum Gasteiger partial charge on any atom is -0.315 e. The summed E-state index contributed by atoms with van der Waals surface area (Å²) in [4.78, 5) is 4.66. The summed E-state index contributed by atoms with van der Waals surface area (Å²) in [5, 5.41) is 8.66. The molecule has 0 aliphatic carbocycles. The number of likely N-dealkylation sites (N-methyl/N-ethyl adjacent to an activating group) is 1. The van der Waals surface area contributed by atoms with Crippen LogP contribution in [0.2, 0.25) is 0 Å². The molecule has 0 radical (unpaired) electrons. The Morgan fingerprint density at radius 3 is 2.00 bits per heavy atom. The van der Waals surface area contributed by atoms with E-state index in [0.29, 0.717) is 6.54 Å². The maximum atomic E-state index is 8.66. The van der Waals surface area contributed by atoms with Crippen LogP contribution in [0, 0.1) is 11.3 Å². The first-order valence-electron chi connectivity index (χ1n) is 6.27. The molecular weight excluding hydrogens is 200 g/mol. The molecule has 94 valence electrons. The van der Waals surface area contributed by atoms with Gasteiger partial charge in [0.15, 0.2) is 0 Å². The number of hydrogen-bond acceptors (Lipinski definition) is 4. The lowest BCUT2D eigenvalue weighted by Crippen LogP contribution is -2.38. The Labute approximate surface area is 100 Å². The summed E-state index contributed by atoms with van der Waals surface area (Å²) in [5.41, 5.74) is 5.62. The van der Waals surface area contributed by atoms with Crippen molar-refractivity contribution in [2.75, 3.05) is 39.3 Å². The van der Waals surface area contributed by atoms with Gasteiger partial charge in [-0.1, -0.05) is 20.8 Å². The molecule has 0 saturated heterocycles. The number of hydrogen-bond donors (Lipinski definition) is 1. The molecule has 16 heavy (non-hydrogen) atoms. The third-order valence-corrected chi connectivity index (χ3v) is 2.91. The molecule has 0 saturated carbocycles. The summed E-state index contributed by atoms with van der Waals surface area (Å²) in [6, 6.07) is 1.72. The zero-order valence-electron chi connectivity index (χ0n) is 10.9. The Morgan fingerprint density at radius 2 is 1.56 bits per heavy atom. The Hall–Kier alpha value is -0.630. The van der Waals surface area contributed by atoms with Crippen LogP contribution in [0.5, 0.6) is 0 Å².